The van der Waals surface area contributed by atoms with Crippen LogP contribution in [0.1, 0.15) is 35.3 Å². The fourth-order valence-electron chi connectivity index (χ4n) is 3.05. The minimum absolute atomic E-state index is 0.0645. The first kappa shape index (κ1) is 21.8. The zero-order chi connectivity index (χ0) is 21.3. The van der Waals surface area contributed by atoms with Gasteiger partial charge in [-0.15, -0.1) is 0 Å². The predicted molar refractivity (Wildman–Crippen MR) is 127 cm³/mol. The maximum atomic E-state index is 13.2. The monoisotopic (exact) mass is 514 g/mol. The fourth-order valence-corrected chi connectivity index (χ4v) is 3.54. The summed E-state index contributed by atoms with van der Waals surface area (Å²) in [4.78, 5) is 25.3. The van der Waals surface area contributed by atoms with Gasteiger partial charge in [0.05, 0.1) is 30.3 Å². The van der Waals surface area contributed by atoms with Crippen LogP contribution in [0.5, 0.6) is 0 Å². The molecule has 0 aliphatic heterocycles. The summed E-state index contributed by atoms with van der Waals surface area (Å²) < 4.78 is 6.04. The van der Waals surface area contributed by atoms with Crippen molar-refractivity contribution in [1.82, 2.24) is 5.32 Å². The van der Waals surface area contributed by atoms with E-state index in [2.05, 4.69) is 33.2 Å². The highest BCUT2D eigenvalue weighted by Gasteiger charge is 2.21. The molecule has 1 unspecified atom stereocenters. The fraction of sp³-hybridized carbons (Fsp3) is 0.167. The molecule has 30 heavy (non-hydrogen) atoms. The Morgan fingerprint density at radius 1 is 0.967 bits per heavy atom. The lowest BCUT2D eigenvalue weighted by Crippen LogP contribution is -2.31. The number of rotatable bonds is 8. The zero-order valence-electron chi connectivity index (χ0n) is 16.6. The number of anilines is 2. The first-order valence-corrected chi connectivity index (χ1v) is 10.8. The SMILES string of the molecule is CCOC(=O)CC(NC(=O)c1cc(I)ccc1Nc1ccccc1)c1ccccc1. The van der Waals surface area contributed by atoms with Gasteiger partial charge in [0.25, 0.3) is 5.91 Å². The van der Waals surface area contributed by atoms with E-state index >= 15 is 0 Å². The summed E-state index contributed by atoms with van der Waals surface area (Å²) in [5.41, 5.74) is 2.94. The molecule has 6 heteroatoms. The van der Waals surface area contributed by atoms with E-state index in [1.165, 1.54) is 0 Å². The van der Waals surface area contributed by atoms with E-state index < -0.39 is 6.04 Å². The topological polar surface area (TPSA) is 67.4 Å². The van der Waals surface area contributed by atoms with E-state index in [1.54, 1.807) is 6.92 Å². The molecule has 1 atom stereocenters. The quantitative estimate of drug-likeness (QED) is 0.310. The molecule has 1 amide bonds. The third-order valence-corrected chi connectivity index (χ3v) is 5.13. The molecule has 0 saturated carbocycles. The lowest BCUT2D eigenvalue weighted by atomic mass is 10.0. The second-order valence-electron chi connectivity index (χ2n) is 6.63. The van der Waals surface area contributed by atoms with Crippen LogP contribution >= 0.6 is 22.6 Å². The smallest absolute Gasteiger partial charge is 0.308 e. The summed E-state index contributed by atoms with van der Waals surface area (Å²) in [7, 11) is 0. The van der Waals surface area contributed by atoms with Gasteiger partial charge in [-0.25, -0.2) is 0 Å². The number of para-hydroxylation sites is 1. The summed E-state index contributed by atoms with van der Waals surface area (Å²) in [5, 5.41) is 6.31. The van der Waals surface area contributed by atoms with E-state index in [0.717, 1.165) is 14.8 Å². The average Bonchev–Trinajstić information content (AvgIpc) is 2.76. The van der Waals surface area contributed by atoms with Crippen LogP contribution in [-0.2, 0) is 9.53 Å². The van der Waals surface area contributed by atoms with Crippen molar-refractivity contribution in [2.24, 2.45) is 0 Å². The molecule has 3 rings (SSSR count). The third kappa shape index (κ3) is 6.06. The van der Waals surface area contributed by atoms with E-state index in [-0.39, 0.29) is 18.3 Å². The number of carbonyl (C=O) groups excluding carboxylic acids is 2. The highest BCUT2D eigenvalue weighted by Crippen LogP contribution is 2.25. The summed E-state index contributed by atoms with van der Waals surface area (Å²) >= 11 is 2.18. The Morgan fingerprint density at radius 3 is 2.30 bits per heavy atom. The Bertz CT molecular complexity index is 994. The van der Waals surface area contributed by atoms with Crippen LogP contribution in [0.2, 0.25) is 0 Å². The van der Waals surface area contributed by atoms with Crippen LogP contribution < -0.4 is 10.6 Å². The van der Waals surface area contributed by atoms with Gasteiger partial charge in [0, 0.05) is 9.26 Å². The predicted octanol–water partition coefficient (Wildman–Crippen LogP) is 5.46. The van der Waals surface area contributed by atoms with Gasteiger partial charge >= 0.3 is 5.97 Å². The van der Waals surface area contributed by atoms with Crippen molar-refractivity contribution in [3.8, 4) is 0 Å². The van der Waals surface area contributed by atoms with Crippen molar-refractivity contribution in [2.45, 2.75) is 19.4 Å². The Labute approximate surface area is 190 Å². The first-order valence-electron chi connectivity index (χ1n) is 9.70. The van der Waals surface area contributed by atoms with Gasteiger partial charge < -0.3 is 15.4 Å². The van der Waals surface area contributed by atoms with Crippen molar-refractivity contribution in [3.63, 3.8) is 0 Å². The van der Waals surface area contributed by atoms with Gasteiger partial charge in [-0.05, 0) is 65.4 Å². The molecule has 0 aliphatic rings. The van der Waals surface area contributed by atoms with E-state index in [0.29, 0.717) is 17.9 Å². The number of amides is 1. The Hall–Kier alpha value is -2.87. The van der Waals surface area contributed by atoms with Crippen molar-refractivity contribution < 1.29 is 14.3 Å². The van der Waals surface area contributed by atoms with Crippen LogP contribution in [0.25, 0.3) is 0 Å². The van der Waals surface area contributed by atoms with Gasteiger partial charge in [-0.1, -0.05) is 48.5 Å². The molecule has 0 aliphatic carbocycles. The molecular weight excluding hydrogens is 491 g/mol. The van der Waals surface area contributed by atoms with Crippen molar-refractivity contribution >= 4 is 45.8 Å². The third-order valence-electron chi connectivity index (χ3n) is 4.46. The van der Waals surface area contributed by atoms with Crippen LogP contribution in [0.15, 0.2) is 78.9 Å². The molecule has 0 radical (unpaired) electrons. The lowest BCUT2D eigenvalue weighted by molar-refractivity contribution is -0.143. The number of ether oxygens (including phenoxy) is 1. The standard InChI is InChI=1S/C24H23IN2O3/c1-2-30-23(28)16-22(17-9-5-3-6-10-17)27-24(29)20-15-18(25)13-14-21(20)26-19-11-7-4-8-12-19/h3-15,22,26H,2,16H2,1H3,(H,27,29). The number of benzene rings is 3. The molecule has 0 spiro atoms. The van der Waals surface area contributed by atoms with E-state index in [1.807, 2.05) is 78.9 Å². The first-order chi connectivity index (χ1) is 14.6. The number of hydrogen-bond acceptors (Lipinski definition) is 4. The van der Waals surface area contributed by atoms with E-state index in [4.69, 9.17) is 4.74 Å². The highest BCUT2D eigenvalue weighted by atomic mass is 127. The molecule has 0 aromatic heterocycles. The summed E-state index contributed by atoms with van der Waals surface area (Å²) in [6.07, 6.45) is 0.0645. The van der Waals surface area contributed by atoms with Crippen molar-refractivity contribution in [3.05, 3.63) is 93.6 Å². The molecule has 3 aromatic carbocycles. The van der Waals surface area contributed by atoms with Gasteiger partial charge in [0.15, 0.2) is 0 Å². The van der Waals surface area contributed by atoms with Crippen LogP contribution in [-0.4, -0.2) is 18.5 Å². The largest absolute Gasteiger partial charge is 0.466 e. The maximum Gasteiger partial charge on any atom is 0.308 e. The molecule has 0 fully saturated rings. The summed E-state index contributed by atoms with van der Waals surface area (Å²) in [5.74, 6) is -0.609. The number of nitrogens with one attached hydrogen (secondary N) is 2. The van der Waals surface area contributed by atoms with Gasteiger partial charge in [-0.3, -0.25) is 9.59 Å². The molecule has 2 N–H and O–H groups in total. The minimum atomic E-state index is -0.486. The molecule has 3 aromatic rings. The van der Waals surface area contributed by atoms with Gasteiger partial charge in [0.2, 0.25) is 0 Å². The molecule has 0 saturated heterocycles. The van der Waals surface area contributed by atoms with Gasteiger partial charge in [-0.2, -0.15) is 0 Å². The molecule has 0 bridgehead atoms. The number of carbonyl (C=O) groups is 2. The normalized spacial score (nSPS) is 11.4. The number of halogens is 1. The Morgan fingerprint density at radius 2 is 1.63 bits per heavy atom. The van der Waals surface area contributed by atoms with Crippen LogP contribution in [0.4, 0.5) is 11.4 Å². The second-order valence-corrected chi connectivity index (χ2v) is 7.87. The molecular formula is C24H23IN2O3. The van der Waals surface area contributed by atoms with Crippen LogP contribution in [0.3, 0.4) is 0 Å². The summed E-state index contributed by atoms with van der Waals surface area (Å²) in [6.45, 7) is 2.07. The maximum absolute atomic E-state index is 13.2. The zero-order valence-corrected chi connectivity index (χ0v) is 18.8. The highest BCUT2D eigenvalue weighted by molar-refractivity contribution is 14.1. The Kier molecular flexibility index (Phi) is 7.84. The molecule has 154 valence electrons. The van der Waals surface area contributed by atoms with Crippen LogP contribution in [0, 0.1) is 3.57 Å². The van der Waals surface area contributed by atoms with Gasteiger partial charge in [0.1, 0.15) is 0 Å². The molecule has 5 nitrogen and oxygen atoms in total. The van der Waals surface area contributed by atoms with Crippen molar-refractivity contribution in [2.75, 3.05) is 11.9 Å². The number of hydrogen-bond donors (Lipinski definition) is 2. The minimum Gasteiger partial charge on any atom is -0.466 e. The summed E-state index contributed by atoms with van der Waals surface area (Å²) in [6, 6.07) is 24.3. The van der Waals surface area contributed by atoms with E-state index in [9.17, 15) is 9.59 Å². The average molecular weight is 514 g/mol. The number of esters is 1. The Balaban J connectivity index is 1.86. The molecule has 0 heterocycles. The van der Waals surface area contributed by atoms with Crippen molar-refractivity contribution in [1.29, 1.82) is 0 Å². The second kappa shape index (κ2) is 10.8. The lowest BCUT2D eigenvalue weighted by Gasteiger charge is -2.20.